The Bertz CT molecular complexity index is 240. The SMILES string of the molecule is Cl.Cl.NCc1ccc(Cl)cc1N. The summed E-state index contributed by atoms with van der Waals surface area (Å²) in [5.74, 6) is 0. The molecule has 4 N–H and O–H groups in total. The summed E-state index contributed by atoms with van der Waals surface area (Å²) in [4.78, 5) is 0. The van der Waals surface area contributed by atoms with E-state index in [9.17, 15) is 0 Å². The molecular formula is C7H11Cl3N2. The fourth-order valence-electron chi connectivity index (χ4n) is 0.752. The van der Waals surface area contributed by atoms with Crippen LogP contribution in [0.5, 0.6) is 0 Å². The van der Waals surface area contributed by atoms with Crippen molar-refractivity contribution in [3.05, 3.63) is 28.8 Å². The highest BCUT2D eigenvalue weighted by Crippen LogP contribution is 2.16. The molecule has 0 heterocycles. The van der Waals surface area contributed by atoms with Crippen LogP contribution >= 0.6 is 36.4 Å². The van der Waals surface area contributed by atoms with Crippen LogP contribution in [0.3, 0.4) is 0 Å². The third-order valence-electron chi connectivity index (χ3n) is 1.33. The number of hydrogen-bond donors (Lipinski definition) is 2. The van der Waals surface area contributed by atoms with Crippen LogP contribution in [0.4, 0.5) is 5.69 Å². The van der Waals surface area contributed by atoms with Gasteiger partial charge in [-0.2, -0.15) is 0 Å². The summed E-state index contributed by atoms with van der Waals surface area (Å²) in [5, 5.41) is 0.648. The molecule has 0 unspecified atom stereocenters. The Kier molecular flexibility index (Phi) is 7.64. The Hall–Kier alpha value is -0.150. The number of nitrogens with two attached hydrogens (primary N) is 2. The molecule has 0 saturated heterocycles. The molecule has 0 atom stereocenters. The largest absolute Gasteiger partial charge is 0.398 e. The lowest BCUT2D eigenvalue weighted by Crippen LogP contribution is -2.00. The normalized spacial score (nSPS) is 8.17. The average molecular weight is 230 g/mol. The molecule has 70 valence electrons. The summed E-state index contributed by atoms with van der Waals surface area (Å²) >= 11 is 5.65. The van der Waals surface area contributed by atoms with Gasteiger partial charge in [0.15, 0.2) is 0 Å². The van der Waals surface area contributed by atoms with Crippen LogP contribution in [0.1, 0.15) is 5.56 Å². The molecule has 12 heavy (non-hydrogen) atoms. The summed E-state index contributed by atoms with van der Waals surface area (Å²) < 4.78 is 0. The lowest BCUT2D eigenvalue weighted by molar-refractivity contribution is 1.08. The molecule has 0 aliphatic heterocycles. The van der Waals surface area contributed by atoms with E-state index in [1.807, 2.05) is 6.07 Å². The zero-order chi connectivity index (χ0) is 7.56. The Morgan fingerprint density at radius 3 is 2.25 bits per heavy atom. The fourth-order valence-corrected chi connectivity index (χ4v) is 0.932. The zero-order valence-electron chi connectivity index (χ0n) is 6.29. The molecule has 0 aromatic heterocycles. The van der Waals surface area contributed by atoms with Crippen LogP contribution in [0, 0.1) is 0 Å². The Labute approximate surface area is 89.1 Å². The number of rotatable bonds is 1. The third-order valence-corrected chi connectivity index (χ3v) is 1.56. The van der Waals surface area contributed by atoms with Crippen molar-refractivity contribution in [2.24, 2.45) is 5.73 Å². The summed E-state index contributed by atoms with van der Waals surface area (Å²) in [7, 11) is 0. The van der Waals surface area contributed by atoms with Crippen molar-refractivity contribution < 1.29 is 0 Å². The quantitative estimate of drug-likeness (QED) is 0.726. The monoisotopic (exact) mass is 228 g/mol. The molecule has 0 bridgehead atoms. The van der Waals surface area contributed by atoms with E-state index in [-0.39, 0.29) is 24.8 Å². The highest BCUT2D eigenvalue weighted by molar-refractivity contribution is 6.30. The second-order valence-corrected chi connectivity index (χ2v) is 2.48. The number of halogens is 3. The fraction of sp³-hybridized carbons (Fsp3) is 0.143. The van der Waals surface area contributed by atoms with Crippen molar-refractivity contribution in [3.8, 4) is 0 Å². The van der Waals surface area contributed by atoms with Gasteiger partial charge in [-0.25, -0.2) is 0 Å². The smallest absolute Gasteiger partial charge is 0.0426 e. The maximum Gasteiger partial charge on any atom is 0.0426 e. The first-order valence-electron chi connectivity index (χ1n) is 2.98. The molecule has 0 fully saturated rings. The van der Waals surface area contributed by atoms with Gasteiger partial charge in [0.2, 0.25) is 0 Å². The molecule has 2 nitrogen and oxygen atoms in total. The third kappa shape index (κ3) is 3.50. The van der Waals surface area contributed by atoms with Gasteiger partial charge in [0, 0.05) is 17.3 Å². The van der Waals surface area contributed by atoms with E-state index >= 15 is 0 Å². The van der Waals surface area contributed by atoms with Crippen molar-refractivity contribution in [1.82, 2.24) is 0 Å². The van der Waals surface area contributed by atoms with Gasteiger partial charge in [0.05, 0.1) is 0 Å². The molecule has 0 aliphatic carbocycles. The minimum atomic E-state index is 0. The second-order valence-electron chi connectivity index (χ2n) is 2.05. The van der Waals surface area contributed by atoms with E-state index in [1.54, 1.807) is 12.1 Å². The predicted octanol–water partition coefficient (Wildman–Crippen LogP) is 2.22. The van der Waals surface area contributed by atoms with Crippen molar-refractivity contribution in [1.29, 1.82) is 0 Å². The summed E-state index contributed by atoms with van der Waals surface area (Å²) in [6, 6.07) is 5.31. The van der Waals surface area contributed by atoms with Crippen LogP contribution in [0.15, 0.2) is 18.2 Å². The van der Waals surface area contributed by atoms with Gasteiger partial charge in [0.25, 0.3) is 0 Å². The standard InChI is InChI=1S/C7H9ClN2.2ClH/c8-6-2-1-5(4-9)7(10)3-6;;/h1-3H,4,9-10H2;2*1H. The van der Waals surface area contributed by atoms with Gasteiger partial charge in [-0.3, -0.25) is 0 Å². The first-order valence-corrected chi connectivity index (χ1v) is 3.36. The minimum Gasteiger partial charge on any atom is -0.398 e. The molecule has 0 spiro atoms. The lowest BCUT2D eigenvalue weighted by atomic mass is 10.2. The van der Waals surface area contributed by atoms with Crippen LogP contribution in [0.2, 0.25) is 5.02 Å². The number of nitrogen functional groups attached to an aromatic ring is 1. The summed E-state index contributed by atoms with van der Waals surface area (Å²) in [6.45, 7) is 0.461. The van der Waals surface area contributed by atoms with Crippen molar-refractivity contribution >= 4 is 42.1 Å². The Morgan fingerprint density at radius 1 is 1.25 bits per heavy atom. The molecule has 0 aliphatic rings. The van der Waals surface area contributed by atoms with Gasteiger partial charge in [0.1, 0.15) is 0 Å². The maximum absolute atomic E-state index is 5.65. The molecule has 1 aromatic rings. The van der Waals surface area contributed by atoms with Crippen LogP contribution < -0.4 is 11.5 Å². The average Bonchev–Trinajstić information content (AvgIpc) is 1.88. The number of hydrogen-bond acceptors (Lipinski definition) is 2. The number of benzene rings is 1. The molecular weight excluding hydrogens is 218 g/mol. The first kappa shape index (κ1) is 14.4. The van der Waals surface area contributed by atoms with Crippen LogP contribution in [-0.2, 0) is 6.54 Å². The van der Waals surface area contributed by atoms with E-state index in [4.69, 9.17) is 23.1 Å². The highest BCUT2D eigenvalue weighted by atomic mass is 35.5. The Balaban J connectivity index is 0. The van der Waals surface area contributed by atoms with Gasteiger partial charge < -0.3 is 11.5 Å². The van der Waals surface area contributed by atoms with Gasteiger partial charge in [-0.1, -0.05) is 17.7 Å². The van der Waals surface area contributed by atoms with Crippen LogP contribution in [-0.4, -0.2) is 0 Å². The molecule has 5 heteroatoms. The summed E-state index contributed by atoms with van der Waals surface area (Å²) in [6.07, 6.45) is 0. The van der Waals surface area contributed by atoms with Gasteiger partial charge >= 0.3 is 0 Å². The molecule has 0 radical (unpaired) electrons. The van der Waals surface area contributed by atoms with E-state index < -0.39 is 0 Å². The first-order chi connectivity index (χ1) is 4.74. The van der Waals surface area contributed by atoms with Gasteiger partial charge in [-0.05, 0) is 17.7 Å². The Morgan fingerprint density at radius 2 is 1.83 bits per heavy atom. The number of anilines is 1. The highest BCUT2D eigenvalue weighted by Gasteiger charge is 1.95. The van der Waals surface area contributed by atoms with E-state index in [2.05, 4.69) is 0 Å². The van der Waals surface area contributed by atoms with Crippen molar-refractivity contribution in [3.63, 3.8) is 0 Å². The van der Waals surface area contributed by atoms with Crippen molar-refractivity contribution in [2.45, 2.75) is 6.54 Å². The maximum atomic E-state index is 5.65. The van der Waals surface area contributed by atoms with Gasteiger partial charge in [-0.15, -0.1) is 24.8 Å². The minimum absolute atomic E-state index is 0. The topological polar surface area (TPSA) is 52.0 Å². The van der Waals surface area contributed by atoms with E-state index in [0.717, 1.165) is 5.56 Å². The van der Waals surface area contributed by atoms with E-state index in [1.165, 1.54) is 0 Å². The van der Waals surface area contributed by atoms with Crippen molar-refractivity contribution in [2.75, 3.05) is 5.73 Å². The molecule has 0 saturated carbocycles. The second kappa shape index (κ2) is 6.38. The molecule has 0 amide bonds. The van der Waals surface area contributed by atoms with E-state index in [0.29, 0.717) is 17.3 Å². The predicted molar refractivity (Wildman–Crippen MR) is 58.3 cm³/mol. The molecule has 1 aromatic carbocycles. The molecule has 1 rings (SSSR count). The zero-order valence-corrected chi connectivity index (χ0v) is 8.68. The summed E-state index contributed by atoms with van der Waals surface area (Å²) in [5.41, 5.74) is 12.5. The lowest BCUT2D eigenvalue weighted by Gasteiger charge is -2.00. The van der Waals surface area contributed by atoms with Crippen LogP contribution in [0.25, 0.3) is 0 Å².